The van der Waals surface area contributed by atoms with Crippen LogP contribution < -0.4 is 11.3 Å². The second-order valence-electron chi connectivity index (χ2n) is 9.53. The van der Waals surface area contributed by atoms with Gasteiger partial charge in [0.2, 0.25) is 5.91 Å². The molecule has 1 aliphatic heterocycles. The maximum Gasteiger partial charge on any atom is 0.338 e. The molecule has 4 atom stereocenters. The second-order valence-corrected chi connectivity index (χ2v) is 9.53. The molecule has 1 saturated heterocycles. The Morgan fingerprint density at radius 3 is 1.65 bits per heavy atom. The SMILES string of the molecule is NC(=O)c1ccc(=O)n([C@@H]2O[C@@H](COC(=O)c3ccccc3)[C@@H](OC(=O)c3ccccc3)[C@@H]2OC(=O)c2ccccc2)c1. The molecule has 0 saturated carbocycles. The van der Waals surface area contributed by atoms with Gasteiger partial charge in [0, 0.05) is 12.3 Å². The number of hydrogen-bond acceptors (Lipinski definition) is 9. The molecule has 218 valence electrons. The van der Waals surface area contributed by atoms with Gasteiger partial charge in [-0.3, -0.25) is 14.2 Å². The summed E-state index contributed by atoms with van der Waals surface area (Å²) in [5, 5.41) is 0. The number of carbonyl (C=O) groups is 4. The van der Waals surface area contributed by atoms with Crippen LogP contribution in [0.2, 0.25) is 0 Å². The van der Waals surface area contributed by atoms with Crippen LogP contribution in [0, 0.1) is 0 Å². The smallest absolute Gasteiger partial charge is 0.338 e. The van der Waals surface area contributed by atoms with Gasteiger partial charge in [-0.1, -0.05) is 54.6 Å². The first-order valence-corrected chi connectivity index (χ1v) is 13.2. The topological polar surface area (TPSA) is 153 Å². The van der Waals surface area contributed by atoms with Crippen LogP contribution in [0.1, 0.15) is 47.7 Å². The number of ether oxygens (including phenoxy) is 4. The molecule has 1 aromatic heterocycles. The summed E-state index contributed by atoms with van der Waals surface area (Å²) in [6.07, 6.45) is -4.19. The molecule has 1 fully saturated rings. The van der Waals surface area contributed by atoms with Crippen molar-refractivity contribution >= 4 is 23.8 Å². The Hall–Kier alpha value is -5.55. The molecular formula is C32H26N2O9. The molecule has 0 aliphatic carbocycles. The Morgan fingerprint density at radius 2 is 1.14 bits per heavy atom. The van der Waals surface area contributed by atoms with E-state index in [0.717, 1.165) is 16.8 Å². The third-order valence-electron chi connectivity index (χ3n) is 6.68. The lowest BCUT2D eigenvalue weighted by Crippen LogP contribution is -2.42. The van der Waals surface area contributed by atoms with E-state index in [1.165, 1.54) is 30.3 Å². The van der Waals surface area contributed by atoms with E-state index >= 15 is 0 Å². The summed E-state index contributed by atoms with van der Waals surface area (Å²) >= 11 is 0. The number of hydrogen-bond donors (Lipinski definition) is 1. The van der Waals surface area contributed by atoms with E-state index in [2.05, 4.69) is 0 Å². The number of esters is 3. The molecule has 1 amide bonds. The Balaban J connectivity index is 1.53. The molecule has 3 aromatic carbocycles. The fraction of sp³-hybridized carbons (Fsp3) is 0.156. The third kappa shape index (κ3) is 6.68. The number of rotatable bonds is 9. The number of carbonyl (C=O) groups excluding carboxylic acids is 4. The number of amides is 1. The minimum atomic E-state index is -1.42. The van der Waals surface area contributed by atoms with Crippen molar-refractivity contribution in [1.82, 2.24) is 4.57 Å². The summed E-state index contributed by atoms with van der Waals surface area (Å²) in [5.41, 5.74) is 5.46. The molecule has 0 bridgehead atoms. The minimum Gasteiger partial charge on any atom is -0.459 e. The summed E-state index contributed by atoms with van der Waals surface area (Å²) < 4.78 is 24.3. The van der Waals surface area contributed by atoms with Crippen LogP contribution in [0.4, 0.5) is 0 Å². The standard InChI is InChI=1S/C32H26N2O9/c33-28(36)23-16-17-25(35)34(18-23)29-27(43-32(39)22-14-8-3-9-15-22)26(42-31(38)21-12-6-2-7-13-21)24(41-29)19-40-30(37)20-10-4-1-5-11-20/h1-18,24,26-27,29H,19H2,(H2,33,36)/t24-,26+,27-,29+/m0/s1. The predicted octanol–water partition coefficient (Wildman–Crippen LogP) is 3.15. The first-order chi connectivity index (χ1) is 20.8. The van der Waals surface area contributed by atoms with Gasteiger partial charge in [0.15, 0.2) is 18.4 Å². The Labute approximate surface area is 245 Å². The Kier molecular flexibility index (Phi) is 8.73. The first-order valence-electron chi connectivity index (χ1n) is 13.2. The fourth-order valence-corrected chi connectivity index (χ4v) is 4.53. The normalized spacial score (nSPS) is 19.3. The Bertz CT molecular complexity index is 1670. The quantitative estimate of drug-likeness (QED) is 0.232. The van der Waals surface area contributed by atoms with Gasteiger partial charge in [-0.2, -0.15) is 0 Å². The van der Waals surface area contributed by atoms with Crippen LogP contribution in [-0.2, 0) is 18.9 Å². The summed E-state index contributed by atoms with van der Waals surface area (Å²) in [6.45, 7) is -0.430. The van der Waals surface area contributed by atoms with Gasteiger partial charge in [0.25, 0.3) is 5.56 Å². The molecule has 5 rings (SSSR count). The van der Waals surface area contributed by atoms with Crippen molar-refractivity contribution in [2.45, 2.75) is 24.5 Å². The molecule has 11 heteroatoms. The van der Waals surface area contributed by atoms with Gasteiger partial charge in [-0.05, 0) is 42.5 Å². The summed E-state index contributed by atoms with van der Waals surface area (Å²) in [6, 6.07) is 26.7. The van der Waals surface area contributed by atoms with E-state index in [9.17, 15) is 24.0 Å². The highest BCUT2D eigenvalue weighted by Gasteiger charge is 2.51. The maximum atomic E-state index is 13.2. The molecule has 2 heterocycles. The van der Waals surface area contributed by atoms with E-state index < -0.39 is 60.5 Å². The van der Waals surface area contributed by atoms with Crippen molar-refractivity contribution in [3.05, 3.63) is 142 Å². The van der Waals surface area contributed by atoms with E-state index in [1.54, 1.807) is 66.7 Å². The molecule has 0 spiro atoms. The molecule has 4 aromatic rings. The summed E-state index contributed by atoms with van der Waals surface area (Å²) in [4.78, 5) is 64.1. The van der Waals surface area contributed by atoms with Gasteiger partial charge in [-0.15, -0.1) is 0 Å². The highest BCUT2D eigenvalue weighted by atomic mass is 16.7. The van der Waals surface area contributed by atoms with Crippen molar-refractivity contribution in [2.24, 2.45) is 5.73 Å². The molecule has 0 radical (unpaired) electrons. The van der Waals surface area contributed by atoms with Crippen LogP contribution in [0.15, 0.2) is 114 Å². The highest BCUT2D eigenvalue weighted by Crippen LogP contribution is 2.35. The second kappa shape index (κ2) is 13.0. The zero-order chi connectivity index (χ0) is 30.3. The minimum absolute atomic E-state index is 0.0203. The van der Waals surface area contributed by atoms with Crippen molar-refractivity contribution in [3.63, 3.8) is 0 Å². The number of aromatic nitrogens is 1. The highest BCUT2D eigenvalue weighted by molar-refractivity contribution is 5.92. The molecule has 11 nitrogen and oxygen atoms in total. The maximum absolute atomic E-state index is 13.2. The lowest BCUT2D eigenvalue weighted by molar-refractivity contribution is -0.0635. The van der Waals surface area contributed by atoms with Crippen LogP contribution >= 0.6 is 0 Å². The van der Waals surface area contributed by atoms with Crippen LogP contribution in [0.25, 0.3) is 0 Å². The molecule has 1 aliphatic rings. The third-order valence-corrected chi connectivity index (χ3v) is 6.68. The zero-order valence-electron chi connectivity index (χ0n) is 22.6. The summed E-state index contributed by atoms with van der Waals surface area (Å²) in [7, 11) is 0. The van der Waals surface area contributed by atoms with E-state index in [1.807, 2.05) is 0 Å². The molecular weight excluding hydrogens is 556 g/mol. The zero-order valence-corrected chi connectivity index (χ0v) is 22.6. The van der Waals surface area contributed by atoms with Crippen LogP contribution in [-0.4, -0.2) is 53.3 Å². The van der Waals surface area contributed by atoms with E-state index in [4.69, 9.17) is 24.7 Å². The molecule has 43 heavy (non-hydrogen) atoms. The molecule has 0 unspecified atom stereocenters. The lowest BCUT2D eigenvalue weighted by atomic mass is 10.1. The fourth-order valence-electron chi connectivity index (χ4n) is 4.53. The number of pyridine rings is 1. The average molecular weight is 583 g/mol. The average Bonchev–Trinajstić information content (AvgIpc) is 3.36. The monoisotopic (exact) mass is 582 g/mol. The van der Waals surface area contributed by atoms with Gasteiger partial charge in [-0.25, -0.2) is 14.4 Å². The van der Waals surface area contributed by atoms with Gasteiger partial charge in [0.05, 0.1) is 22.3 Å². The van der Waals surface area contributed by atoms with Gasteiger partial charge < -0.3 is 24.7 Å². The predicted molar refractivity (Wildman–Crippen MR) is 151 cm³/mol. The Morgan fingerprint density at radius 1 is 0.651 bits per heavy atom. The van der Waals surface area contributed by atoms with E-state index in [0.29, 0.717) is 0 Å². The van der Waals surface area contributed by atoms with Crippen molar-refractivity contribution in [1.29, 1.82) is 0 Å². The van der Waals surface area contributed by atoms with Crippen molar-refractivity contribution < 1.29 is 38.1 Å². The number of benzene rings is 3. The first kappa shape index (κ1) is 29.0. The molecule has 2 N–H and O–H groups in total. The van der Waals surface area contributed by atoms with Gasteiger partial charge >= 0.3 is 17.9 Å². The van der Waals surface area contributed by atoms with E-state index in [-0.39, 0.29) is 22.3 Å². The van der Waals surface area contributed by atoms with Crippen LogP contribution in [0.5, 0.6) is 0 Å². The van der Waals surface area contributed by atoms with Crippen LogP contribution in [0.3, 0.4) is 0 Å². The summed E-state index contributed by atoms with van der Waals surface area (Å²) in [5.74, 6) is -3.05. The lowest BCUT2D eigenvalue weighted by Gasteiger charge is -2.25. The van der Waals surface area contributed by atoms with Crippen molar-refractivity contribution in [3.8, 4) is 0 Å². The van der Waals surface area contributed by atoms with Crippen molar-refractivity contribution in [2.75, 3.05) is 6.61 Å². The number of primary amides is 1. The number of nitrogens with two attached hydrogens (primary N) is 1. The largest absolute Gasteiger partial charge is 0.459 e. The van der Waals surface area contributed by atoms with Gasteiger partial charge in [0.1, 0.15) is 12.7 Å². The number of nitrogens with zero attached hydrogens (tertiary/aromatic N) is 1.